The highest BCUT2D eigenvalue weighted by atomic mass is 35.5. The smallest absolute Gasteiger partial charge is 0.152 e. The zero-order chi connectivity index (χ0) is 13.8. The first kappa shape index (κ1) is 13.3. The molecule has 0 radical (unpaired) electrons. The highest BCUT2D eigenvalue weighted by Gasteiger charge is 2.15. The maximum atomic E-state index is 6.07. The third kappa shape index (κ3) is 2.88. The van der Waals surface area contributed by atoms with Crippen LogP contribution in [0.4, 0.5) is 11.4 Å². The summed E-state index contributed by atoms with van der Waals surface area (Å²) in [4.78, 5) is 6.54. The van der Waals surface area contributed by atoms with Gasteiger partial charge in [-0.15, -0.1) is 0 Å². The summed E-state index contributed by atoms with van der Waals surface area (Å²) in [7, 11) is 0. The van der Waals surface area contributed by atoms with Crippen molar-refractivity contribution in [1.82, 2.24) is 4.98 Å². The summed E-state index contributed by atoms with van der Waals surface area (Å²) in [6.07, 6.45) is 4.28. The lowest BCUT2D eigenvalue weighted by atomic mass is 10.1. The van der Waals surface area contributed by atoms with Crippen LogP contribution in [-0.2, 0) is 6.54 Å². The van der Waals surface area contributed by atoms with Gasteiger partial charge in [0.05, 0.1) is 5.69 Å². The van der Waals surface area contributed by atoms with Crippen LogP contribution in [0.1, 0.15) is 18.4 Å². The molecule has 3 rings (SSSR count). The molecule has 0 unspecified atom stereocenters. The fraction of sp³-hybridized carbons (Fsp3) is 0.312. The quantitative estimate of drug-likeness (QED) is 0.863. The Morgan fingerprint density at radius 2 is 1.90 bits per heavy atom. The summed E-state index contributed by atoms with van der Waals surface area (Å²) in [5.74, 6) is 0. The molecule has 1 aromatic heterocycles. The Hall–Kier alpha value is -1.74. The molecule has 0 atom stereocenters. The van der Waals surface area contributed by atoms with Crippen molar-refractivity contribution in [2.75, 3.05) is 23.3 Å². The maximum absolute atomic E-state index is 6.07. The fourth-order valence-corrected chi connectivity index (χ4v) is 2.82. The molecule has 0 spiro atoms. The molecule has 1 aliphatic rings. The van der Waals surface area contributed by atoms with Gasteiger partial charge in [-0.2, -0.15) is 0 Å². The molecule has 1 N–H and O–H groups in total. The molecule has 2 heterocycles. The summed E-state index contributed by atoms with van der Waals surface area (Å²) in [5, 5.41) is 3.89. The van der Waals surface area contributed by atoms with E-state index < -0.39 is 0 Å². The largest absolute Gasteiger partial charge is 0.378 e. The van der Waals surface area contributed by atoms with Crippen LogP contribution in [0.5, 0.6) is 0 Å². The minimum atomic E-state index is 0.520. The van der Waals surface area contributed by atoms with E-state index in [2.05, 4.69) is 39.5 Å². The van der Waals surface area contributed by atoms with Crippen molar-refractivity contribution in [2.45, 2.75) is 19.4 Å². The molecule has 2 aromatic rings. The zero-order valence-electron chi connectivity index (χ0n) is 11.3. The van der Waals surface area contributed by atoms with Crippen LogP contribution in [-0.4, -0.2) is 18.1 Å². The Balaban J connectivity index is 1.76. The fourth-order valence-electron chi connectivity index (χ4n) is 2.64. The van der Waals surface area contributed by atoms with Crippen molar-refractivity contribution in [3.05, 3.63) is 53.3 Å². The summed E-state index contributed by atoms with van der Waals surface area (Å²) in [6, 6.07) is 12.4. The predicted molar refractivity (Wildman–Crippen MR) is 84.5 cm³/mol. The highest BCUT2D eigenvalue weighted by Crippen LogP contribution is 2.26. The topological polar surface area (TPSA) is 28.2 Å². The molecule has 0 aliphatic carbocycles. The van der Waals surface area contributed by atoms with Gasteiger partial charge in [-0.05, 0) is 36.6 Å². The van der Waals surface area contributed by atoms with Gasteiger partial charge in [0.25, 0.3) is 0 Å². The first-order valence-electron chi connectivity index (χ1n) is 7.02. The zero-order valence-corrected chi connectivity index (χ0v) is 12.1. The van der Waals surface area contributed by atoms with Crippen LogP contribution in [0.2, 0.25) is 5.15 Å². The lowest BCUT2D eigenvalue weighted by Gasteiger charge is -2.21. The molecule has 1 aliphatic heterocycles. The van der Waals surface area contributed by atoms with Gasteiger partial charge in [-0.25, -0.2) is 4.98 Å². The summed E-state index contributed by atoms with van der Waals surface area (Å²) in [6.45, 7) is 3.08. The second kappa shape index (κ2) is 6.14. The van der Waals surface area contributed by atoms with Crippen LogP contribution < -0.4 is 10.2 Å². The summed E-state index contributed by atoms with van der Waals surface area (Å²) < 4.78 is 0. The number of hydrogen-bond acceptors (Lipinski definition) is 3. The van der Waals surface area contributed by atoms with Gasteiger partial charge in [0.2, 0.25) is 0 Å². The van der Waals surface area contributed by atoms with Gasteiger partial charge in [0.1, 0.15) is 0 Å². The number of pyridine rings is 1. The number of aromatic nitrogens is 1. The standard InChI is InChI=1S/C16H18ClN3/c17-16-14(7-5-9-18-16)19-12-13-6-1-2-8-15(13)20-10-3-4-11-20/h1-2,5-9,19H,3-4,10-12H2. The van der Waals surface area contributed by atoms with Gasteiger partial charge in [0, 0.05) is 31.5 Å². The number of hydrogen-bond donors (Lipinski definition) is 1. The Bertz CT molecular complexity index is 579. The van der Waals surface area contributed by atoms with Crippen LogP contribution >= 0.6 is 11.6 Å². The SMILES string of the molecule is Clc1ncccc1NCc1ccccc1N1CCCC1. The minimum Gasteiger partial charge on any atom is -0.378 e. The van der Waals surface area contributed by atoms with Gasteiger partial charge >= 0.3 is 0 Å². The van der Waals surface area contributed by atoms with E-state index in [1.165, 1.54) is 24.1 Å². The third-order valence-corrected chi connectivity index (χ3v) is 3.97. The minimum absolute atomic E-state index is 0.520. The van der Waals surface area contributed by atoms with E-state index >= 15 is 0 Å². The van der Waals surface area contributed by atoms with Gasteiger partial charge in [-0.1, -0.05) is 29.8 Å². The number of nitrogens with zero attached hydrogens (tertiary/aromatic N) is 2. The Morgan fingerprint density at radius 3 is 2.70 bits per heavy atom. The Labute approximate surface area is 124 Å². The number of nitrogens with one attached hydrogen (secondary N) is 1. The van der Waals surface area contributed by atoms with Gasteiger partial charge in [-0.3, -0.25) is 0 Å². The molecule has 0 amide bonds. The van der Waals surface area contributed by atoms with E-state index in [0.717, 1.165) is 25.3 Å². The van der Waals surface area contributed by atoms with Crippen molar-refractivity contribution >= 4 is 23.0 Å². The first-order chi connectivity index (χ1) is 9.84. The first-order valence-corrected chi connectivity index (χ1v) is 7.39. The van der Waals surface area contributed by atoms with Gasteiger partial charge in [0.15, 0.2) is 5.15 Å². The number of halogens is 1. The number of benzene rings is 1. The lowest BCUT2D eigenvalue weighted by Crippen LogP contribution is -2.19. The Kier molecular flexibility index (Phi) is 4.07. The van der Waals surface area contributed by atoms with Crippen LogP contribution in [0, 0.1) is 0 Å². The monoisotopic (exact) mass is 287 g/mol. The molecule has 1 aromatic carbocycles. The number of rotatable bonds is 4. The molecule has 104 valence electrons. The maximum Gasteiger partial charge on any atom is 0.152 e. The number of para-hydroxylation sites is 1. The van der Waals surface area contributed by atoms with Crippen molar-refractivity contribution in [2.24, 2.45) is 0 Å². The second-order valence-electron chi connectivity index (χ2n) is 5.02. The normalized spacial score (nSPS) is 14.6. The van der Waals surface area contributed by atoms with Crippen molar-refractivity contribution in [3.8, 4) is 0 Å². The summed E-state index contributed by atoms with van der Waals surface area (Å²) >= 11 is 6.07. The summed E-state index contributed by atoms with van der Waals surface area (Å²) in [5.41, 5.74) is 3.51. The number of anilines is 2. The van der Waals surface area contributed by atoms with E-state index in [9.17, 15) is 0 Å². The molecular weight excluding hydrogens is 270 g/mol. The predicted octanol–water partition coefficient (Wildman–Crippen LogP) is 3.95. The molecule has 0 bridgehead atoms. The third-order valence-electron chi connectivity index (χ3n) is 3.67. The van der Waals surface area contributed by atoms with Crippen LogP contribution in [0.3, 0.4) is 0 Å². The van der Waals surface area contributed by atoms with Crippen molar-refractivity contribution in [3.63, 3.8) is 0 Å². The molecule has 3 nitrogen and oxygen atoms in total. The van der Waals surface area contributed by atoms with Crippen LogP contribution in [0.25, 0.3) is 0 Å². The molecular formula is C16H18ClN3. The van der Waals surface area contributed by atoms with Crippen LogP contribution in [0.15, 0.2) is 42.6 Å². The van der Waals surface area contributed by atoms with Crippen molar-refractivity contribution in [1.29, 1.82) is 0 Å². The molecule has 0 saturated carbocycles. The van der Waals surface area contributed by atoms with E-state index in [1.807, 2.05) is 12.1 Å². The Morgan fingerprint density at radius 1 is 1.10 bits per heavy atom. The highest BCUT2D eigenvalue weighted by molar-refractivity contribution is 6.31. The van der Waals surface area contributed by atoms with E-state index in [1.54, 1.807) is 6.20 Å². The molecule has 1 fully saturated rings. The molecule has 1 saturated heterocycles. The average molecular weight is 288 g/mol. The lowest BCUT2D eigenvalue weighted by molar-refractivity contribution is 0.949. The van der Waals surface area contributed by atoms with E-state index in [0.29, 0.717) is 5.15 Å². The van der Waals surface area contributed by atoms with E-state index in [4.69, 9.17) is 11.6 Å². The average Bonchev–Trinajstić information content (AvgIpc) is 3.01. The second-order valence-corrected chi connectivity index (χ2v) is 5.38. The molecule has 4 heteroatoms. The molecule has 20 heavy (non-hydrogen) atoms. The van der Waals surface area contributed by atoms with Gasteiger partial charge < -0.3 is 10.2 Å². The van der Waals surface area contributed by atoms with E-state index in [-0.39, 0.29) is 0 Å². The van der Waals surface area contributed by atoms with Crippen molar-refractivity contribution < 1.29 is 0 Å².